The first-order valence-corrected chi connectivity index (χ1v) is 5.60. The van der Waals surface area contributed by atoms with E-state index in [-0.39, 0.29) is 12.1 Å². The lowest BCUT2D eigenvalue weighted by molar-refractivity contribution is -0.137. The van der Waals surface area contributed by atoms with E-state index in [2.05, 4.69) is 6.92 Å². The van der Waals surface area contributed by atoms with Crippen molar-refractivity contribution in [1.29, 1.82) is 0 Å². The Bertz CT molecular complexity index is 256. The van der Waals surface area contributed by atoms with Crippen molar-refractivity contribution in [3.63, 3.8) is 0 Å². The van der Waals surface area contributed by atoms with Gasteiger partial charge in [0.25, 0.3) is 0 Å². The molecule has 0 fully saturated rings. The molecule has 1 rings (SSSR count). The summed E-state index contributed by atoms with van der Waals surface area (Å²) in [7, 11) is 1.42. The average molecular weight is 212 g/mol. The summed E-state index contributed by atoms with van der Waals surface area (Å²) >= 11 is 0. The quantitative estimate of drug-likeness (QED) is 0.518. The van der Waals surface area contributed by atoms with Gasteiger partial charge in [-0.2, -0.15) is 0 Å². The Hall–Kier alpha value is -0.830. The smallest absolute Gasteiger partial charge is 0.336 e. The molecule has 0 aromatic heterocycles. The molecule has 1 aliphatic carbocycles. The topological polar surface area (TPSA) is 35.5 Å². The summed E-state index contributed by atoms with van der Waals surface area (Å²) in [5.74, 6) is -0.230. The molecule has 86 valence electrons. The Kier molecular flexibility index (Phi) is 4.82. The number of allylic oxidation sites excluding steroid dienone is 1. The molecule has 1 aliphatic rings. The van der Waals surface area contributed by atoms with Gasteiger partial charge in [-0.25, -0.2) is 4.79 Å². The van der Waals surface area contributed by atoms with Crippen molar-refractivity contribution in [2.45, 2.75) is 45.6 Å². The molecule has 0 aromatic rings. The van der Waals surface area contributed by atoms with Gasteiger partial charge in [0.2, 0.25) is 0 Å². The Labute approximate surface area is 91.4 Å². The Morgan fingerprint density at radius 3 is 2.87 bits per heavy atom. The highest BCUT2D eigenvalue weighted by Gasteiger charge is 2.29. The number of carbonyl (C=O) groups excluding carboxylic acids is 1. The van der Waals surface area contributed by atoms with E-state index in [0.29, 0.717) is 0 Å². The van der Waals surface area contributed by atoms with Crippen molar-refractivity contribution in [2.75, 3.05) is 13.7 Å². The van der Waals surface area contributed by atoms with Crippen LogP contribution in [-0.4, -0.2) is 25.8 Å². The van der Waals surface area contributed by atoms with Gasteiger partial charge >= 0.3 is 5.97 Å². The predicted octanol–water partition coefficient (Wildman–Crippen LogP) is 2.46. The van der Waals surface area contributed by atoms with Gasteiger partial charge in [0.05, 0.1) is 18.8 Å². The van der Waals surface area contributed by atoms with Crippen molar-refractivity contribution in [2.24, 2.45) is 0 Å². The molecule has 15 heavy (non-hydrogen) atoms. The molecule has 3 nitrogen and oxygen atoms in total. The van der Waals surface area contributed by atoms with Crippen LogP contribution >= 0.6 is 0 Å². The monoisotopic (exact) mass is 212 g/mol. The van der Waals surface area contributed by atoms with E-state index in [1.54, 1.807) is 0 Å². The van der Waals surface area contributed by atoms with E-state index in [4.69, 9.17) is 9.47 Å². The summed E-state index contributed by atoms with van der Waals surface area (Å²) < 4.78 is 10.5. The minimum Gasteiger partial charge on any atom is -0.466 e. The molecule has 0 saturated heterocycles. The summed E-state index contributed by atoms with van der Waals surface area (Å²) in [6, 6.07) is 0. The molecule has 0 spiro atoms. The van der Waals surface area contributed by atoms with E-state index in [9.17, 15) is 4.79 Å². The minimum absolute atomic E-state index is 0.0380. The van der Waals surface area contributed by atoms with Crippen LogP contribution in [0, 0.1) is 0 Å². The van der Waals surface area contributed by atoms with Crippen LogP contribution < -0.4 is 0 Å². The van der Waals surface area contributed by atoms with Crippen molar-refractivity contribution < 1.29 is 14.3 Å². The fourth-order valence-corrected chi connectivity index (χ4v) is 1.85. The number of unbranched alkanes of at least 4 members (excludes halogenated alkanes) is 1. The van der Waals surface area contributed by atoms with Crippen molar-refractivity contribution in [3.8, 4) is 0 Å². The Balaban J connectivity index is 2.55. The average Bonchev–Trinajstić information content (AvgIpc) is 2.59. The largest absolute Gasteiger partial charge is 0.466 e. The Morgan fingerprint density at radius 1 is 1.53 bits per heavy atom. The van der Waals surface area contributed by atoms with Crippen LogP contribution in [0.3, 0.4) is 0 Å². The van der Waals surface area contributed by atoms with Crippen LogP contribution in [0.2, 0.25) is 0 Å². The van der Waals surface area contributed by atoms with Gasteiger partial charge in [0, 0.05) is 6.61 Å². The predicted molar refractivity (Wildman–Crippen MR) is 58.6 cm³/mol. The van der Waals surface area contributed by atoms with Crippen LogP contribution in [0.4, 0.5) is 0 Å². The number of methoxy groups -OCH3 is 1. The third kappa shape index (κ3) is 3.06. The van der Waals surface area contributed by atoms with E-state index < -0.39 is 0 Å². The first-order valence-electron chi connectivity index (χ1n) is 5.60. The lowest BCUT2D eigenvalue weighted by atomic mass is 10.1. The third-order valence-corrected chi connectivity index (χ3v) is 2.79. The normalized spacial score (nSPS) is 20.9. The Morgan fingerprint density at radius 2 is 2.27 bits per heavy atom. The highest BCUT2D eigenvalue weighted by Crippen LogP contribution is 2.29. The van der Waals surface area contributed by atoms with Gasteiger partial charge < -0.3 is 9.47 Å². The molecule has 0 aromatic carbocycles. The van der Waals surface area contributed by atoms with Gasteiger partial charge in [-0.3, -0.25) is 0 Å². The van der Waals surface area contributed by atoms with E-state index in [0.717, 1.165) is 43.4 Å². The zero-order valence-corrected chi connectivity index (χ0v) is 9.84. The lowest BCUT2D eigenvalue weighted by Gasteiger charge is -2.14. The first-order chi connectivity index (χ1) is 7.20. The number of carbonyl (C=O) groups is 1. The lowest BCUT2D eigenvalue weighted by Crippen LogP contribution is -2.20. The summed E-state index contributed by atoms with van der Waals surface area (Å²) in [5, 5.41) is 0. The molecular weight excluding hydrogens is 192 g/mol. The fraction of sp³-hybridized carbons (Fsp3) is 0.750. The molecule has 0 heterocycles. The number of rotatable bonds is 5. The molecule has 0 amide bonds. The molecule has 0 saturated carbocycles. The molecule has 0 aliphatic heterocycles. The molecule has 3 heteroatoms. The van der Waals surface area contributed by atoms with E-state index in [1.165, 1.54) is 7.11 Å². The SMILES string of the molecule is CCCCOC1CCC(C)=C1C(=O)OC. The fourth-order valence-electron chi connectivity index (χ4n) is 1.85. The third-order valence-electron chi connectivity index (χ3n) is 2.79. The second-order valence-corrected chi connectivity index (χ2v) is 3.94. The summed E-state index contributed by atoms with van der Waals surface area (Å²) in [5.41, 5.74) is 1.86. The van der Waals surface area contributed by atoms with Crippen molar-refractivity contribution >= 4 is 5.97 Å². The summed E-state index contributed by atoms with van der Waals surface area (Å²) in [6.45, 7) is 4.84. The van der Waals surface area contributed by atoms with Crippen molar-refractivity contribution in [1.82, 2.24) is 0 Å². The van der Waals surface area contributed by atoms with E-state index >= 15 is 0 Å². The van der Waals surface area contributed by atoms with Crippen LogP contribution in [0.1, 0.15) is 39.5 Å². The van der Waals surface area contributed by atoms with Crippen molar-refractivity contribution in [3.05, 3.63) is 11.1 Å². The maximum Gasteiger partial charge on any atom is 0.336 e. The van der Waals surface area contributed by atoms with Gasteiger partial charge in [-0.15, -0.1) is 0 Å². The van der Waals surface area contributed by atoms with Gasteiger partial charge in [0.15, 0.2) is 0 Å². The summed E-state index contributed by atoms with van der Waals surface area (Å²) in [6.07, 6.45) is 3.98. The summed E-state index contributed by atoms with van der Waals surface area (Å²) in [4.78, 5) is 11.5. The number of hydrogen-bond acceptors (Lipinski definition) is 3. The van der Waals surface area contributed by atoms with Gasteiger partial charge in [-0.05, 0) is 26.2 Å². The van der Waals surface area contributed by atoms with Crippen LogP contribution in [0.5, 0.6) is 0 Å². The van der Waals surface area contributed by atoms with Gasteiger partial charge in [0.1, 0.15) is 0 Å². The van der Waals surface area contributed by atoms with Crippen LogP contribution in [-0.2, 0) is 14.3 Å². The minimum atomic E-state index is -0.230. The highest BCUT2D eigenvalue weighted by molar-refractivity contribution is 5.91. The van der Waals surface area contributed by atoms with Crippen LogP contribution in [0.25, 0.3) is 0 Å². The zero-order valence-electron chi connectivity index (χ0n) is 9.84. The molecule has 1 atom stereocenters. The molecule has 1 unspecified atom stereocenters. The molecule has 0 N–H and O–H groups in total. The van der Waals surface area contributed by atoms with E-state index in [1.807, 2.05) is 6.92 Å². The maximum absolute atomic E-state index is 11.5. The van der Waals surface area contributed by atoms with Gasteiger partial charge in [-0.1, -0.05) is 18.9 Å². The second kappa shape index (κ2) is 5.91. The molecular formula is C12H20O3. The number of hydrogen-bond donors (Lipinski definition) is 0. The highest BCUT2D eigenvalue weighted by atomic mass is 16.5. The molecule has 0 radical (unpaired) electrons. The zero-order chi connectivity index (χ0) is 11.3. The maximum atomic E-state index is 11.5. The standard InChI is InChI=1S/C12H20O3/c1-4-5-8-15-10-7-6-9(2)11(10)12(13)14-3/h10H,4-8H2,1-3H3. The van der Waals surface area contributed by atoms with Crippen LogP contribution in [0.15, 0.2) is 11.1 Å². The first kappa shape index (κ1) is 12.2. The molecule has 0 bridgehead atoms. The number of ether oxygens (including phenoxy) is 2. The number of esters is 1. The second-order valence-electron chi connectivity index (χ2n) is 3.94.